The predicted molar refractivity (Wildman–Crippen MR) is 102 cm³/mol. The maximum atomic E-state index is 12.5. The zero-order chi connectivity index (χ0) is 17.5. The maximum Gasteiger partial charge on any atom is 0.279 e. The van der Waals surface area contributed by atoms with Crippen molar-refractivity contribution in [2.45, 2.75) is 44.4 Å². The van der Waals surface area contributed by atoms with Gasteiger partial charge in [0.2, 0.25) is 0 Å². The van der Waals surface area contributed by atoms with Crippen LogP contribution in [0.4, 0.5) is 0 Å². The third-order valence-electron chi connectivity index (χ3n) is 5.39. The second-order valence-electron chi connectivity index (χ2n) is 7.26. The van der Waals surface area contributed by atoms with E-state index >= 15 is 0 Å². The van der Waals surface area contributed by atoms with Crippen LogP contribution in [0.2, 0.25) is 0 Å². The van der Waals surface area contributed by atoms with E-state index in [1.165, 1.54) is 18.4 Å². The lowest BCUT2D eigenvalue weighted by Crippen LogP contribution is -2.45. The summed E-state index contributed by atoms with van der Waals surface area (Å²) in [6.45, 7) is 4.70. The largest absolute Gasteiger partial charge is 0.301 e. The average molecular weight is 366 g/mol. The highest BCUT2D eigenvalue weighted by Gasteiger charge is 2.24. The highest BCUT2D eigenvalue weighted by Crippen LogP contribution is 2.26. The first-order chi connectivity index (χ1) is 12.1. The summed E-state index contributed by atoms with van der Waals surface area (Å²) >= 11 is 0. The number of hydrogen-bond acceptors (Lipinski definition) is 3. The first-order valence-corrected chi connectivity index (χ1v) is 11.1. The molecule has 0 aliphatic carbocycles. The van der Waals surface area contributed by atoms with Crippen molar-refractivity contribution in [2.24, 2.45) is 0 Å². The SMILES string of the molecule is O=S(=O)(NCCN1CCC[C@@H](c2ccccc2)C1)N1CCCCCC1. The lowest BCUT2D eigenvalue weighted by Gasteiger charge is -2.33. The summed E-state index contributed by atoms with van der Waals surface area (Å²) in [5.74, 6) is 0.567. The van der Waals surface area contributed by atoms with E-state index in [1.54, 1.807) is 4.31 Å². The number of likely N-dealkylation sites (tertiary alicyclic amines) is 1. The van der Waals surface area contributed by atoms with Crippen LogP contribution in [0.5, 0.6) is 0 Å². The van der Waals surface area contributed by atoms with Crippen LogP contribution in [-0.4, -0.2) is 56.9 Å². The third kappa shape index (κ3) is 5.51. The maximum absolute atomic E-state index is 12.5. The molecule has 6 heteroatoms. The van der Waals surface area contributed by atoms with Crippen LogP contribution < -0.4 is 4.72 Å². The molecule has 0 spiro atoms. The minimum Gasteiger partial charge on any atom is -0.301 e. The number of piperidine rings is 1. The topological polar surface area (TPSA) is 52.7 Å². The van der Waals surface area contributed by atoms with Crippen molar-refractivity contribution in [1.29, 1.82) is 0 Å². The van der Waals surface area contributed by atoms with Crippen molar-refractivity contribution >= 4 is 10.2 Å². The Balaban J connectivity index is 1.46. The molecule has 2 aliphatic rings. The second kappa shape index (κ2) is 9.12. The van der Waals surface area contributed by atoms with Gasteiger partial charge in [-0.15, -0.1) is 0 Å². The first kappa shape index (κ1) is 18.8. The van der Waals surface area contributed by atoms with Gasteiger partial charge in [0, 0.05) is 32.7 Å². The molecule has 0 amide bonds. The minimum absolute atomic E-state index is 0.500. The van der Waals surface area contributed by atoms with Gasteiger partial charge in [-0.1, -0.05) is 43.2 Å². The first-order valence-electron chi connectivity index (χ1n) is 9.67. The molecule has 2 heterocycles. The number of nitrogens with zero attached hydrogens (tertiary/aromatic N) is 2. The van der Waals surface area contributed by atoms with Crippen LogP contribution in [0.15, 0.2) is 30.3 Å². The highest BCUT2D eigenvalue weighted by molar-refractivity contribution is 7.87. The van der Waals surface area contributed by atoms with E-state index in [9.17, 15) is 8.42 Å². The van der Waals surface area contributed by atoms with Gasteiger partial charge in [-0.3, -0.25) is 0 Å². The Hall–Kier alpha value is -0.950. The monoisotopic (exact) mass is 365 g/mol. The van der Waals surface area contributed by atoms with Gasteiger partial charge >= 0.3 is 0 Å². The van der Waals surface area contributed by atoms with Crippen molar-refractivity contribution in [3.05, 3.63) is 35.9 Å². The summed E-state index contributed by atoms with van der Waals surface area (Å²) in [6.07, 6.45) is 6.64. The molecule has 3 rings (SSSR count). The zero-order valence-electron chi connectivity index (χ0n) is 15.1. The van der Waals surface area contributed by atoms with Crippen LogP contribution in [0.3, 0.4) is 0 Å². The summed E-state index contributed by atoms with van der Waals surface area (Å²) in [7, 11) is -3.32. The fourth-order valence-corrected chi connectivity index (χ4v) is 5.23. The van der Waals surface area contributed by atoms with Gasteiger partial charge in [-0.25, -0.2) is 4.72 Å². The molecule has 0 unspecified atom stereocenters. The van der Waals surface area contributed by atoms with Gasteiger partial charge in [0.1, 0.15) is 0 Å². The van der Waals surface area contributed by atoms with E-state index in [0.717, 1.165) is 45.3 Å². The Bertz CT molecular complexity index is 613. The lowest BCUT2D eigenvalue weighted by atomic mass is 9.91. The Morgan fingerprint density at radius 2 is 1.68 bits per heavy atom. The summed E-state index contributed by atoms with van der Waals surface area (Å²) < 4.78 is 29.4. The summed E-state index contributed by atoms with van der Waals surface area (Å²) in [6, 6.07) is 10.7. The van der Waals surface area contributed by atoms with Gasteiger partial charge < -0.3 is 4.90 Å². The third-order valence-corrected chi connectivity index (χ3v) is 7.01. The van der Waals surface area contributed by atoms with E-state index in [0.29, 0.717) is 25.6 Å². The van der Waals surface area contributed by atoms with E-state index in [-0.39, 0.29) is 0 Å². The Morgan fingerprint density at radius 1 is 0.960 bits per heavy atom. The van der Waals surface area contributed by atoms with Crippen molar-refractivity contribution in [2.75, 3.05) is 39.3 Å². The smallest absolute Gasteiger partial charge is 0.279 e. The molecule has 1 aromatic rings. The lowest BCUT2D eigenvalue weighted by molar-refractivity contribution is 0.211. The summed E-state index contributed by atoms with van der Waals surface area (Å²) in [5.41, 5.74) is 1.40. The van der Waals surface area contributed by atoms with Crippen LogP contribution in [0.1, 0.15) is 50.0 Å². The standard InChI is InChI=1S/C19H31N3O2S/c23-25(24,22-14-6-1-2-7-15-22)20-12-16-21-13-8-11-19(17-21)18-9-4-3-5-10-18/h3-5,9-10,19-20H,1-2,6-8,11-17H2/t19-/m1/s1. The predicted octanol–water partition coefficient (Wildman–Crippen LogP) is 2.58. The molecular weight excluding hydrogens is 334 g/mol. The summed E-state index contributed by atoms with van der Waals surface area (Å²) in [5, 5.41) is 0. The molecule has 0 saturated carbocycles. The Morgan fingerprint density at radius 3 is 2.40 bits per heavy atom. The number of hydrogen-bond donors (Lipinski definition) is 1. The molecule has 0 radical (unpaired) electrons. The van der Waals surface area contributed by atoms with Crippen LogP contribution in [0, 0.1) is 0 Å². The fraction of sp³-hybridized carbons (Fsp3) is 0.684. The molecule has 25 heavy (non-hydrogen) atoms. The van der Waals surface area contributed by atoms with E-state index in [2.05, 4.69) is 40.0 Å². The molecule has 5 nitrogen and oxygen atoms in total. The van der Waals surface area contributed by atoms with Crippen molar-refractivity contribution in [3.8, 4) is 0 Å². The number of nitrogens with one attached hydrogen (secondary N) is 1. The molecular formula is C19H31N3O2S. The van der Waals surface area contributed by atoms with Crippen LogP contribution in [0.25, 0.3) is 0 Å². The average Bonchev–Trinajstić information content (AvgIpc) is 2.93. The van der Waals surface area contributed by atoms with Crippen molar-refractivity contribution in [3.63, 3.8) is 0 Å². The Labute approximate surface area is 152 Å². The number of benzene rings is 1. The zero-order valence-corrected chi connectivity index (χ0v) is 15.9. The van der Waals surface area contributed by atoms with Crippen LogP contribution >= 0.6 is 0 Å². The highest BCUT2D eigenvalue weighted by atomic mass is 32.2. The summed E-state index contributed by atoms with van der Waals surface area (Å²) in [4.78, 5) is 2.39. The molecule has 0 bridgehead atoms. The Kier molecular flexibility index (Phi) is 6.87. The quantitative estimate of drug-likeness (QED) is 0.843. The molecule has 2 saturated heterocycles. The molecule has 2 aliphatic heterocycles. The van der Waals surface area contributed by atoms with E-state index in [4.69, 9.17) is 0 Å². The second-order valence-corrected chi connectivity index (χ2v) is 9.02. The van der Waals surface area contributed by atoms with E-state index < -0.39 is 10.2 Å². The van der Waals surface area contributed by atoms with Gasteiger partial charge in [0.15, 0.2) is 0 Å². The fourth-order valence-electron chi connectivity index (χ4n) is 3.96. The molecule has 1 aromatic carbocycles. The van der Waals surface area contributed by atoms with E-state index in [1.807, 2.05) is 0 Å². The van der Waals surface area contributed by atoms with Gasteiger partial charge in [0.25, 0.3) is 10.2 Å². The minimum atomic E-state index is -3.32. The van der Waals surface area contributed by atoms with Crippen molar-refractivity contribution in [1.82, 2.24) is 13.9 Å². The van der Waals surface area contributed by atoms with Gasteiger partial charge in [-0.05, 0) is 43.7 Å². The normalized spacial score (nSPS) is 24.1. The van der Waals surface area contributed by atoms with Crippen molar-refractivity contribution < 1.29 is 8.42 Å². The van der Waals surface area contributed by atoms with Gasteiger partial charge in [0.05, 0.1) is 0 Å². The molecule has 1 N–H and O–H groups in total. The molecule has 2 fully saturated rings. The van der Waals surface area contributed by atoms with Gasteiger partial charge in [-0.2, -0.15) is 12.7 Å². The number of rotatable bonds is 6. The molecule has 1 atom stereocenters. The molecule has 0 aromatic heterocycles. The van der Waals surface area contributed by atoms with Crippen LogP contribution in [-0.2, 0) is 10.2 Å². The molecule has 140 valence electrons.